The predicted molar refractivity (Wildman–Crippen MR) is 113 cm³/mol. The summed E-state index contributed by atoms with van der Waals surface area (Å²) in [4.78, 5) is 6.81. The number of phenolic OH excluding ortho intramolecular Hbond substituents is 1. The molecular formula is C22H23ClN3O2. The first kappa shape index (κ1) is 18.8. The van der Waals surface area contributed by atoms with Gasteiger partial charge in [0.1, 0.15) is 0 Å². The Bertz CT molecular complexity index is 1000. The molecule has 6 heteroatoms. The number of aromatic nitrogens is 1. The van der Waals surface area contributed by atoms with E-state index in [0.29, 0.717) is 11.8 Å². The summed E-state index contributed by atoms with van der Waals surface area (Å²) in [5.41, 5.74) is 3.73. The van der Waals surface area contributed by atoms with Crippen molar-refractivity contribution in [1.82, 2.24) is 9.88 Å². The van der Waals surface area contributed by atoms with Crippen LogP contribution in [0.25, 0.3) is 22.0 Å². The minimum absolute atomic E-state index is 0.0478. The van der Waals surface area contributed by atoms with Crippen LogP contribution in [-0.2, 0) is 0 Å². The Morgan fingerprint density at radius 2 is 2.00 bits per heavy atom. The number of nitrogens with zero attached hydrogens (tertiary/aromatic N) is 2. The highest BCUT2D eigenvalue weighted by Gasteiger charge is 2.18. The van der Waals surface area contributed by atoms with Gasteiger partial charge in [-0.25, -0.2) is 0 Å². The number of phenols is 1. The van der Waals surface area contributed by atoms with Crippen molar-refractivity contribution in [3.8, 4) is 22.6 Å². The van der Waals surface area contributed by atoms with Gasteiger partial charge in [0.25, 0.3) is 0 Å². The van der Waals surface area contributed by atoms with Crippen LogP contribution in [0.3, 0.4) is 0 Å². The number of nitrogens with one attached hydrogen (secondary N) is 1. The van der Waals surface area contributed by atoms with Gasteiger partial charge < -0.3 is 20.1 Å². The number of ether oxygens (including phenoxy) is 1. The van der Waals surface area contributed by atoms with Crippen LogP contribution >= 0.6 is 11.6 Å². The third-order valence-electron chi connectivity index (χ3n) is 5.33. The molecule has 1 fully saturated rings. The lowest BCUT2D eigenvalue weighted by Gasteiger charge is -2.30. The zero-order chi connectivity index (χ0) is 19.7. The van der Waals surface area contributed by atoms with Crippen LogP contribution in [0.4, 0.5) is 5.69 Å². The quantitative estimate of drug-likeness (QED) is 0.676. The molecule has 145 valence electrons. The summed E-state index contributed by atoms with van der Waals surface area (Å²) in [7, 11) is 3.67. The van der Waals surface area contributed by atoms with E-state index in [1.54, 1.807) is 18.3 Å². The zero-order valence-electron chi connectivity index (χ0n) is 16.0. The van der Waals surface area contributed by atoms with E-state index < -0.39 is 0 Å². The van der Waals surface area contributed by atoms with Gasteiger partial charge in [-0.1, -0.05) is 17.7 Å². The third-order valence-corrected chi connectivity index (χ3v) is 5.62. The largest absolute Gasteiger partial charge is 0.503 e. The Hall–Kier alpha value is -2.50. The van der Waals surface area contributed by atoms with Gasteiger partial charge in [-0.2, -0.15) is 0 Å². The van der Waals surface area contributed by atoms with Crippen LogP contribution in [0, 0.1) is 6.07 Å². The Labute approximate surface area is 169 Å². The molecule has 0 spiro atoms. The summed E-state index contributed by atoms with van der Waals surface area (Å²) in [6.45, 7) is 2.19. The molecule has 4 rings (SSSR count). The summed E-state index contributed by atoms with van der Waals surface area (Å²) in [5.74, 6) is 0.304. The molecule has 0 saturated carbocycles. The van der Waals surface area contributed by atoms with E-state index in [1.165, 1.54) is 7.11 Å². The lowest BCUT2D eigenvalue weighted by molar-refractivity contribution is 0.264. The van der Waals surface area contributed by atoms with Crippen molar-refractivity contribution >= 4 is 28.2 Å². The molecule has 1 radical (unpaired) electrons. The van der Waals surface area contributed by atoms with Crippen molar-refractivity contribution in [2.45, 2.75) is 18.9 Å². The highest BCUT2D eigenvalue weighted by atomic mass is 35.5. The first-order valence-corrected chi connectivity index (χ1v) is 9.75. The number of pyridine rings is 1. The molecule has 1 aliphatic heterocycles. The molecule has 5 nitrogen and oxygen atoms in total. The molecule has 1 aromatic heterocycles. The minimum atomic E-state index is -0.0478. The van der Waals surface area contributed by atoms with Crippen molar-refractivity contribution in [2.75, 3.05) is 32.6 Å². The maximum absolute atomic E-state index is 10.0. The van der Waals surface area contributed by atoms with Gasteiger partial charge in [0.2, 0.25) is 0 Å². The summed E-state index contributed by atoms with van der Waals surface area (Å²) >= 11 is 6.17. The van der Waals surface area contributed by atoms with E-state index in [-0.39, 0.29) is 10.8 Å². The topological polar surface area (TPSA) is 57.6 Å². The number of hydrogen-bond acceptors (Lipinski definition) is 5. The number of benzene rings is 2. The summed E-state index contributed by atoms with van der Waals surface area (Å²) in [6, 6.07) is 13.3. The van der Waals surface area contributed by atoms with Crippen molar-refractivity contribution in [3.63, 3.8) is 0 Å². The highest BCUT2D eigenvalue weighted by molar-refractivity contribution is 6.32. The van der Waals surface area contributed by atoms with Gasteiger partial charge in [0.15, 0.2) is 11.5 Å². The standard InChI is InChI=1S/C22H23ClN3O2/c1-26-9-6-16(7-10-26)25-20-5-8-24-19-4-3-14(11-17(19)20)15-12-18(23)22(27)21(13-15)28-2/h3-4,8,11-13,16,27H,6-7,9-10H2,1-2H3,(H,24,25). The third kappa shape index (κ3) is 3.73. The van der Waals surface area contributed by atoms with Gasteiger partial charge >= 0.3 is 0 Å². The molecule has 1 saturated heterocycles. The molecule has 0 atom stereocenters. The molecular weight excluding hydrogens is 374 g/mol. The van der Waals surface area contributed by atoms with Crippen molar-refractivity contribution in [1.29, 1.82) is 0 Å². The molecule has 2 heterocycles. The van der Waals surface area contributed by atoms with Crippen molar-refractivity contribution < 1.29 is 9.84 Å². The zero-order valence-corrected chi connectivity index (χ0v) is 16.8. The second-order valence-electron chi connectivity index (χ2n) is 7.24. The molecule has 1 aliphatic rings. The number of anilines is 1. The first-order chi connectivity index (χ1) is 13.5. The van der Waals surface area contributed by atoms with Crippen LogP contribution in [0.5, 0.6) is 11.5 Å². The van der Waals surface area contributed by atoms with Gasteiger partial charge in [-0.3, -0.25) is 4.98 Å². The molecule has 0 bridgehead atoms. The van der Waals surface area contributed by atoms with E-state index in [0.717, 1.165) is 53.6 Å². The first-order valence-electron chi connectivity index (χ1n) is 9.37. The number of halogens is 1. The second-order valence-corrected chi connectivity index (χ2v) is 7.65. The van der Waals surface area contributed by atoms with E-state index in [4.69, 9.17) is 16.3 Å². The fraction of sp³-hybridized carbons (Fsp3) is 0.318. The molecule has 3 aromatic rings. The van der Waals surface area contributed by atoms with E-state index >= 15 is 0 Å². The Morgan fingerprint density at radius 1 is 1.21 bits per heavy atom. The number of fused-ring (bicyclic) bond motifs is 1. The summed E-state index contributed by atoms with van der Waals surface area (Å²) in [6.07, 6.45) is 3.94. The lowest BCUT2D eigenvalue weighted by Crippen LogP contribution is -2.36. The number of hydrogen-bond donors (Lipinski definition) is 2. The Balaban J connectivity index is 1.71. The number of aromatic hydroxyl groups is 1. The normalized spacial score (nSPS) is 15.7. The van der Waals surface area contributed by atoms with Crippen LogP contribution in [0.2, 0.25) is 5.02 Å². The van der Waals surface area contributed by atoms with Crippen LogP contribution < -0.4 is 10.1 Å². The van der Waals surface area contributed by atoms with Gasteiger partial charge in [-0.05, 0) is 68.4 Å². The van der Waals surface area contributed by atoms with E-state index in [1.807, 2.05) is 12.1 Å². The van der Waals surface area contributed by atoms with Gasteiger partial charge in [0, 0.05) is 23.7 Å². The second kappa shape index (κ2) is 7.86. The maximum atomic E-state index is 10.0. The fourth-order valence-corrected chi connectivity index (χ4v) is 3.86. The summed E-state index contributed by atoms with van der Waals surface area (Å²) < 4.78 is 5.24. The average Bonchev–Trinajstić information content (AvgIpc) is 2.71. The number of piperidine rings is 1. The number of methoxy groups -OCH3 is 1. The maximum Gasteiger partial charge on any atom is 0.176 e. The monoisotopic (exact) mass is 396 g/mol. The molecule has 2 aromatic carbocycles. The minimum Gasteiger partial charge on any atom is -0.503 e. The van der Waals surface area contributed by atoms with Crippen LogP contribution in [0.15, 0.2) is 36.5 Å². The lowest BCUT2D eigenvalue weighted by atomic mass is 10.0. The van der Waals surface area contributed by atoms with Gasteiger partial charge in [-0.15, -0.1) is 0 Å². The molecule has 0 amide bonds. The molecule has 28 heavy (non-hydrogen) atoms. The Kier molecular flexibility index (Phi) is 5.29. The SMILES string of the molecule is COc1cc(-c2ccc3nc[c]c(NC4CCN(C)CC4)c3c2)cc(Cl)c1O. The van der Waals surface area contributed by atoms with Crippen LogP contribution in [0.1, 0.15) is 12.8 Å². The molecule has 0 aliphatic carbocycles. The highest BCUT2D eigenvalue weighted by Crippen LogP contribution is 2.39. The van der Waals surface area contributed by atoms with Crippen LogP contribution in [-0.4, -0.2) is 48.3 Å². The Morgan fingerprint density at radius 3 is 2.75 bits per heavy atom. The van der Waals surface area contributed by atoms with Gasteiger partial charge in [0.05, 0.1) is 23.3 Å². The average molecular weight is 397 g/mol. The van der Waals surface area contributed by atoms with Crippen molar-refractivity contribution in [3.05, 3.63) is 47.6 Å². The van der Waals surface area contributed by atoms with E-state index in [9.17, 15) is 5.11 Å². The smallest absolute Gasteiger partial charge is 0.176 e. The number of likely N-dealkylation sites (tertiary alicyclic amines) is 1. The molecule has 2 N–H and O–H groups in total. The van der Waals surface area contributed by atoms with E-state index in [2.05, 4.69) is 34.4 Å². The predicted octanol–water partition coefficient (Wildman–Crippen LogP) is 4.58. The van der Waals surface area contributed by atoms with Crippen molar-refractivity contribution in [2.24, 2.45) is 0 Å². The summed E-state index contributed by atoms with van der Waals surface area (Å²) in [5, 5.41) is 14.9. The molecule has 0 unspecified atom stereocenters. The fourth-order valence-electron chi connectivity index (χ4n) is 3.65. The number of rotatable bonds is 4.